The van der Waals surface area contributed by atoms with Gasteiger partial charge in [0.05, 0.1) is 6.20 Å². The molecule has 1 aliphatic heterocycles. The first-order chi connectivity index (χ1) is 8.01. The number of nitrogens with one attached hydrogen (secondary N) is 1. The van der Waals surface area contributed by atoms with Gasteiger partial charge in [-0.15, -0.1) is 0 Å². The summed E-state index contributed by atoms with van der Waals surface area (Å²) in [6, 6.07) is 1.44. The van der Waals surface area contributed by atoms with Crippen molar-refractivity contribution >= 4 is 15.8 Å². The Kier molecular flexibility index (Phi) is 3.30. The topological polar surface area (TPSA) is 83.1 Å². The molecule has 0 aromatic carbocycles. The summed E-state index contributed by atoms with van der Waals surface area (Å²) in [5.41, 5.74) is 0. The van der Waals surface area contributed by atoms with Crippen molar-refractivity contribution in [1.29, 1.82) is 0 Å². The van der Waals surface area contributed by atoms with Gasteiger partial charge >= 0.3 is 0 Å². The van der Waals surface area contributed by atoms with Crippen LogP contribution in [0, 0.1) is 5.92 Å². The number of nitrogens with zero attached hydrogens (tertiary/aromatic N) is 2. The second kappa shape index (κ2) is 4.58. The highest BCUT2D eigenvalue weighted by Crippen LogP contribution is 2.23. The van der Waals surface area contributed by atoms with Crippen LogP contribution >= 0.6 is 0 Å². The highest BCUT2D eigenvalue weighted by atomic mass is 32.2. The Morgan fingerprint density at radius 3 is 2.59 bits per heavy atom. The molecule has 1 saturated heterocycles. The third-order valence-corrected chi connectivity index (χ3v) is 4.95. The lowest BCUT2D eigenvalue weighted by atomic mass is 9.95. The number of carbonyl (C=O) groups is 1. The van der Waals surface area contributed by atoms with Crippen LogP contribution in [-0.4, -0.2) is 41.8 Å². The number of hydrogen-bond acceptors (Lipinski definition) is 4. The summed E-state index contributed by atoms with van der Waals surface area (Å²) in [6.45, 7) is 2.35. The molecule has 0 unspecified atom stereocenters. The fourth-order valence-electron chi connectivity index (χ4n) is 2.03. The van der Waals surface area contributed by atoms with E-state index in [1.54, 1.807) is 6.92 Å². The van der Waals surface area contributed by atoms with Gasteiger partial charge in [0.2, 0.25) is 0 Å². The van der Waals surface area contributed by atoms with Crippen molar-refractivity contribution in [3.8, 4) is 0 Å². The van der Waals surface area contributed by atoms with Gasteiger partial charge in [-0.05, 0) is 25.8 Å². The van der Waals surface area contributed by atoms with E-state index in [0.29, 0.717) is 25.9 Å². The van der Waals surface area contributed by atoms with E-state index < -0.39 is 10.0 Å². The summed E-state index contributed by atoms with van der Waals surface area (Å²) in [6.07, 6.45) is 2.61. The van der Waals surface area contributed by atoms with E-state index in [1.807, 2.05) is 0 Å². The number of sulfonamides is 1. The quantitative estimate of drug-likeness (QED) is 0.849. The number of H-pyrrole nitrogens is 1. The van der Waals surface area contributed by atoms with Crippen molar-refractivity contribution < 1.29 is 13.2 Å². The van der Waals surface area contributed by atoms with Crippen molar-refractivity contribution in [3.63, 3.8) is 0 Å². The molecule has 17 heavy (non-hydrogen) atoms. The molecule has 1 aliphatic rings. The highest BCUT2D eigenvalue weighted by Gasteiger charge is 2.31. The zero-order valence-electron chi connectivity index (χ0n) is 9.59. The molecular weight excluding hydrogens is 242 g/mol. The summed E-state index contributed by atoms with van der Waals surface area (Å²) in [4.78, 5) is 11.2. The number of carbonyl (C=O) groups excluding carboxylic acids is 1. The summed E-state index contributed by atoms with van der Waals surface area (Å²) < 4.78 is 25.6. The molecule has 1 aromatic heterocycles. The first-order valence-electron chi connectivity index (χ1n) is 5.52. The van der Waals surface area contributed by atoms with Crippen LogP contribution in [-0.2, 0) is 14.8 Å². The molecule has 94 valence electrons. The monoisotopic (exact) mass is 257 g/mol. The molecule has 1 N–H and O–H groups in total. The Morgan fingerprint density at radius 1 is 1.47 bits per heavy atom. The van der Waals surface area contributed by atoms with Crippen molar-refractivity contribution in [1.82, 2.24) is 14.5 Å². The molecule has 0 saturated carbocycles. The van der Waals surface area contributed by atoms with Crippen LogP contribution in [0.5, 0.6) is 0 Å². The number of piperidine rings is 1. The van der Waals surface area contributed by atoms with Crippen LogP contribution in [0.3, 0.4) is 0 Å². The molecule has 0 aliphatic carbocycles. The van der Waals surface area contributed by atoms with E-state index in [4.69, 9.17) is 0 Å². The summed E-state index contributed by atoms with van der Waals surface area (Å²) >= 11 is 0. The molecule has 1 aromatic rings. The number of Topliss-reactive ketones (excluding diaryl/α,β-unsaturated/α-hetero) is 1. The van der Waals surface area contributed by atoms with Crippen molar-refractivity contribution in [3.05, 3.63) is 12.3 Å². The van der Waals surface area contributed by atoms with E-state index in [9.17, 15) is 13.2 Å². The first-order valence-corrected chi connectivity index (χ1v) is 6.96. The van der Waals surface area contributed by atoms with Gasteiger partial charge in [0.1, 0.15) is 5.78 Å². The molecule has 2 heterocycles. The molecule has 0 bridgehead atoms. The Bertz CT molecular complexity index is 487. The maximum absolute atomic E-state index is 12.1. The Balaban J connectivity index is 2.09. The summed E-state index contributed by atoms with van der Waals surface area (Å²) in [7, 11) is -3.46. The predicted octanol–water partition coefficient (Wildman–Crippen LogP) is 0.399. The van der Waals surface area contributed by atoms with Crippen molar-refractivity contribution in [2.45, 2.75) is 24.8 Å². The van der Waals surface area contributed by atoms with Gasteiger partial charge in [-0.2, -0.15) is 9.40 Å². The van der Waals surface area contributed by atoms with E-state index >= 15 is 0 Å². The van der Waals surface area contributed by atoms with Crippen LogP contribution in [0.15, 0.2) is 17.3 Å². The minimum atomic E-state index is -3.46. The van der Waals surface area contributed by atoms with Gasteiger partial charge in [0.25, 0.3) is 10.0 Å². The number of aromatic amines is 1. The zero-order chi connectivity index (χ0) is 12.5. The minimum Gasteiger partial charge on any atom is -0.300 e. The molecule has 7 heteroatoms. The second-order valence-corrected chi connectivity index (χ2v) is 6.12. The van der Waals surface area contributed by atoms with Crippen LogP contribution in [0.4, 0.5) is 0 Å². The van der Waals surface area contributed by atoms with Crippen LogP contribution in [0.2, 0.25) is 0 Å². The van der Waals surface area contributed by atoms with Gasteiger partial charge in [0, 0.05) is 19.0 Å². The summed E-state index contributed by atoms with van der Waals surface area (Å²) in [5.74, 6) is 0.145. The molecule has 2 rings (SSSR count). The maximum atomic E-state index is 12.1. The molecule has 0 atom stereocenters. The largest absolute Gasteiger partial charge is 0.300 e. The average molecular weight is 257 g/mol. The average Bonchev–Trinajstić information content (AvgIpc) is 2.83. The Morgan fingerprint density at radius 2 is 2.12 bits per heavy atom. The first kappa shape index (κ1) is 12.3. The Hall–Kier alpha value is -1.21. The lowest BCUT2D eigenvalue weighted by Gasteiger charge is -2.29. The number of aromatic nitrogens is 2. The van der Waals surface area contributed by atoms with E-state index in [2.05, 4.69) is 10.2 Å². The lowest BCUT2D eigenvalue weighted by Crippen LogP contribution is -2.40. The van der Waals surface area contributed by atoms with Gasteiger partial charge < -0.3 is 0 Å². The number of ketones is 1. The van der Waals surface area contributed by atoms with E-state index in [-0.39, 0.29) is 16.7 Å². The van der Waals surface area contributed by atoms with Crippen molar-refractivity contribution in [2.75, 3.05) is 13.1 Å². The van der Waals surface area contributed by atoms with Crippen molar-refractivity contribution in [2.24, 2.45) is 5.92 Å². The summed E-state index contributed by atoms with van der Waals surface area (Å²) in [5, 5.41) is 6.21. The fourth-order valence-corrected chi connectivity index (χ4v) is 3.40. The van der Waals surface area contributed by atoms with Crippen LogP contribution in [0.1, 0.15) is 19.8 Å². The third kappa shape index (κ3) is 2.39. The smallest absolute Gasteiger partial charge is 0.259 e. The molecule has 0 amide bonds. The van der Waals surface area contributed by atoms with Gasteiger partial charge in [0.15, 0.2) is 5.03 Å². The highest BCUT2D eigenvalue weighted by molar-refractivity contribution is 7.89. The molecule has 1 fully saturated rings. The van der Waals surface area contributed by atoms with Crippen LogP contribution < -0.4 is 0 Å². The maximum Gasteiger partial charge on any atom is 0.259 e. The van der Waals surface area contributed by atoms with Gasteiger partial charge in [-0.3, -0.25) is 9.89 Å². The normalized spacial score (nSPS) is 19.4. The predicted molar refractivity (Wildman–Crippen MR) is 60.8 cm³/mol. The third-order valence-electron chi connectivity index (χ3n) is 3.12. The van der Waals surface area contributed by atoms with E-state index in [1.165, 1.54) is 16.6 Å². The minimum absolute atomic E-state index is 0.00298. The van der Waals surface area contributed by atoms with E-state index in [0.717, 1.165) is 0 Å². The number of hydrogen-bond donors (Lipinski definition) is 1. The standard InChI is InChI=1S/C10H15N3O3S/c1-8(14)9-3-6-13(7-4-9)17(15,16)10-2-5-11-12-10/h2,5,9H,3-4,6-7H2,1H3,(H,11,12). The fraction of sp³-hybridized carbons (Fsp3) is 0.600. The lowest BCUT2D eigenvalue weighted by molar-refractivity contribution is -0.121. The molecular formula is C10H15N3O3S. The molecule has 0 radical (unpaired) electrons. The van der Waals surface area contributed by atoms with Gasteiger partial charge in [-0.1, -0.05) is 0 Å². The SMILES string of the molecule is CC(=O)C1CCN(S(=O)(=O)c2ccn[nH]2)CC1. The molecule has 6 nitrogen and oxygen atoms in total. The molecule has 0 spiro atoms. The number of rotatable bonds is 3. The Labute approximate surface area is 100 Å². The second-order valence-electron chi connectivity index (χ2n) is 4.21. The van der Waals surface area contributed by atoms with Gasteiger partial charge in [-0.25, -0.2) is 8.42 Å². The zero-order valence-corrected chi connectivity index (χ0v) is 10.4. The van der Waals surface area contributed by atoms with Crippen LogP contribution in [0.25, 0.3) is 0 Å².